The Kier molecular flexibility index (Phi) is 1.72. The zero-order chi connectivity index (χ0) is 11.3. The second kappa shape index (κ2) is 2.98. The Hall–Kier alpha value is -2.03. The predicted molar refractivity (Wildman–Crippen MR) is 63.8 cm³/mol. The summed E-state index contributed by atoms with van der Waals surface area (Å²) in [6.07, 6.45) is 0. The van der Waals surface area contributed by atoms with Crippen molar-refractivity contribution in [2.45, 2.75) is 13.8 Å². The second-order valence-corrected chi connectivity index (χ2v) is 4.13. The minimum atomic E-state index is -0.306. The highest BCUT2D eigenvalue weighted by atomic mass is 16.4. The molecule has 0 saturated heterocycles. The average molecular weight is 213 g/mol. The van der Waals surface area contributed by atoms with Crippen molar-refractivity contribution in [3.8, 4) is 0 Å². The Balaban J connectivity index is 2.65. The van der Waals surface area contributed by atoms with E-state index in [-0.39, 0.29) is 5.63 Å². The van der Waals surface area contributed by atoms with Crippen LogP contribution in [0.4, 0.5) is 0 Å². The molecule has 2 aromatic heterocycles. The number of H-pyrrole nitrogens is 1. The molecule has 0 atom stereocenters. The molecule has 1 N–H and O–H groups in total. The molecular formula is C13H11NO2. The number of fused-ring (bicyclic) bond motifs is 3. The fourth-order valence-electron chi connectivity index (χ4n) is 2.06. The molecule has 80 valence electrons. The van der Waals surface area contributed by atoms with Gasteiger partial charge >= 0.3 is 5.63 Å². The quantitative estimate of drug-likeness (QED) is 0.583. The van der Waals surface area contributed by atoms with Gasteiger partial charge in [-0.15, -0.1) is 0 Å². The van der Waals surface area contributed by atoms with Gasteiger partial charge in [0.1, 0.15) is 11.1 Å². The van der Waals surface area contributed by atoms with Crippen LogP contribution in [0.3, 0.4) is 0 Å². The van der Waals surface area contributed by atoms with Gasteiger partial charge in [0.15, 0.2) is 0 Å². The SMILES string of the molecule is Cc1ccc2oc(=O)c3[nH]c(C)cc3c2c1. The summed E-state index contributed by atoms with van der Waals surface area (Å²) in [5.41, 5.74) is 3.01. The molecule has 3 heteroatoms. The first kappa shape index (κ1) is 9.21. The zero-order valence-electron chi connectivity index (χ0n) is 9.13. The first-order valence-electron chi connectivity index (χ1n) is 5.18. The monoisotopic (exact) mass is 213 g/mol. The smallest absolute Gasteiger partial charge is 0.360 e. The first-order valence-corrected chi connectivity index (χ1v) is 5.18. The van der Waals surface area contributed by atoms with E-state index in [1.54, 1.807) is 0 Å². The van der Waals surface area contributed by atoms with Crippen molar-refractivity contribution in [2.75, 3.05) is 0 Å². The third-order valence-corrected chi connectivity index (χ3v) is 2.78. The molecule has 3 nitrogen and oxygen atoms in total. The topological polar surface area (TPSA) is 46.0 Å². The van der Waals surface area contributed by atoms with Crippen LogP contribution in [0.2, 0.25) is 0 Å². The van der Waals surface area contributed by atoms with E-state index in [4.69, 9.17) is 4.42 Å². The lowest BCUT2D eigenvalue weighted by Gasteiger charge is -1.99. The molecule has 16 heavy (non-hydrogen) atoms. The van der Waals surface area contributed by atoms with E-state index < -0.39 is 0 Å². The van der Waals surface area contributed by atoms with Crippen LogP contribution in [-0.2, 0) is 0 Å². The first-order chi connectivity index (χ1) is 7.65. The Labute approximate surface area is 91.7 Å². The van der Waals surface area contributed by atoms with E-state index in [0.717, 1.165) is 22.0 Å². The summed E-state index contributed by atoms with van der Waals surface area (Å²) in [7, 11) is 0. The molecule has 0 aliphatic carbocycles. The molecule has 0 amide bonds. The van der Waals surface area contributed by atoms with Gasteiger partial charge in [-0.05, 0) is 32.0 Å². The van der Waals surface area contributed by atoms with E-state index in [1.807, 2.05) is 38.1 Å². The molecule has 1 aromatic carbocycles. The number of aryl methyl sites for hydroxylation is 2. The second-order valence-electron chi connectivity index (χ2n) is 4.13. The Morgan fingerprint density at radius 2 is 1.94 bits per heavy atom. The summed E-state index contributed by atoms with van der Waals surface area (Å²) >= 11 is 0. The minimum absolute atomic E-state index is 0.306. The molecule has 0 aliphatic heterocycles. The lowest BCUT2D eigenvalue weighted by atomic mass is 10.1. The highest BCUT2D eigenvalue weighted by Gasteiger charge is 2.09. The van der Waals surface area contributed by atoms with Crippen LogP contribution in [0.15, 0.2) is 33.5 Å². The van der Waals surface area contributed by atoms with Gasteiger partial charge in [-0.3, -0.25) is 0 Å². The number of aromatic amines is 1. The van der Waals surface area contributed by atoms with Crippen molar-refractivity contribution in [1.82, 2.24) is 4.98 Å². The normalized spacial score (nSPS) is 11.4. The van der Waals surface area contributed by atoms with Gasteiger partial charge in [0.05, 0.1) is 0 Å². The van der Waals surface area contributed by atoms with Gasteiger partial charge in [-0.2, -0.15) is 0 Å². The van der Waals surface area contributed by atoms with Gasteiger partial charge in [0, 0.05) is 16.5 Å². The average Bonchev–Trinajstić information content (AvgIpc) is 2.62. The van der Waals surface area contributed by atoms with E-state index >= 15 is 0 Å². The van der Waals surface area contributed by atoms with Crippen molar-refractivity contribution in [1.29, 1.82) is 0 Å². The molecule has 0 bridgehead atoms. The summed E-state index contributed by atoms with van der Waals surface area (Å²) in [4.78, 5) is 14.7. The Morgan fingerprint density at radius 3 is 2.75 bits per heavy atom. The summed E-state index contributed by atoms with van der Waals surface area (Å²) in [6, 6.07) is 7.80. The van der Waals surface area contributed by atoms with Crippen molar-refractivity contribution in [2.24, 2.45) is 0 Å². The number of hydrogen-bond donors (Lipinski definition) is 1. The van der Waals surface area contributed by atoms with Gasteiger partial charge in [0.2, 0.25) is 0 Å². The van der Waals surface area contributed by atoms with Crippen LogP contribution in [0, 0.1) is 13.8 Å². The van der Waals surface area contributed by atoms with Gasteiger partial charge in [-0.25, -0.2) is 4.79 Å². The van der Waals surface area contributed by atoms with Gasteiger partial charge in [-0.1, -0.05) is 11.6 Å². The number of rotatable bonds is 0. The number of nitrogens with one attached hydrogen (secondary N) is 1. The van der Waals surface area contributed by atoms with Crippen molar-refractivity contribution >= 4 is 21.9 Å². The third kappa shape index (κ3) is 1.18. The van der Waals surface area contributed by atoms with Gasteiger partial charge < -0.3 is 9.40 Å². The Morgan fingerprint density at radius 1 is 1.12 bits per heavy atom. The predicted octanol–water partition coefficient (Wildman–Crippen LogP) is 2.89. The van der Waals surface area contributed by atoms with E-state index in [2.05, 4.69) is 4.98 Å². The van der Waals surface area contributed by atoms with Crippen LogP contribution in [0.5, 0.6) is 0 Å². The minimum Gasteiger partial charge on any atom is -0.421 e. The molecule has 0 fully saturated rings. The van der Waals surface area contributed by atoms with Crippen LogP contribution < -0.4 is 5.63 Å². The largest absolute Gasteiger partial charge is 0.421 e. The van der Waals surface area contributed by atoms with Crippen LogP contribution in [0.1, 0.15) is 11.3 Å². The maximum Gasteiger partial charge on any atom is 0.360 e. The fourth-order valence-corrected chi connectivity index (χ4v) is 2.06. The van der Waals surface area contributed by atoms with Crippen LogP contribution in [0.25, 0.3) is 21.9 Å². The summed E-state index contributed by atoms with van der Waals surface area (Å²) in [5, 5.41) is 1.92. The molecule has 0 unspecified atom stereocenters. The van der Waals surface area contributed by atoms with E-state index in [9.17, 15) is 4.79 Å². The summed E-state index contributed by atoms with van der Waals surface area (Å²) in [6.45, 7) is 3.96. The number of benzene rings is 1. The fraction of sp³-hybridized carbons (Fsp3) is 0.154. The maximum absolute atomic E-state index is 11.7. The van der Waals surface area contributed by atoms with Crippen LogP contribution >= 0.6 is 0 Å². The summed E-state index contributed by atoms with van der Waals surface area (Å²) in [5.74, 6) is 0. The lowest BCUT2D eigenvalue weighted by Crippen LogP contribution is -1.99. The third-order valence-electron chi connectivity index (χ3n) is 2.78. The van der Waals surface area contributed by atoms with Crippen LogP contribution in [-0.4, -0.2) is 4.98 Å². The standard InChI is InChI=1S/C13H11NO2/c1-7-3-4-11-9(5-7)10-6-8(2)14-12(10)13(15)16-11/h3-6,14H,1-2H3. The van der Waals surface area contributed by atoms with Crippen molar-refractivity contribution in [3.05, 3.63) is 45.9 Å². The highest BCUT2D eigenvalue weighted by Crippen LogP contribution is 2.24. The summed E-state index contributed by atoms with van der Waals surface area (Å²) < 4.78 is 5.26. The van der Waals surface area contributed by atoms with E-state index in [1.165, 1.54) is 0 Å². The number of hydrogen-bond acceptors (Lipinski definition) is 2. The molecule has 0 radical (unpaired) electrons. The lowest BCUT2D eigenvalue weighted by molar-refractivity contribution is 0.568. The zero-order valence-corrected chi connectivity index (χ0v) is 9.13. The molecular weight excluding hydrogens is 202 g/mol. The highest BCUT2D eigenvalue weighted by molar-refractivity contribution is 6.03. The van der Waals surface area contributed by atoms with Crippen molar-refractivity contribution < 1.29 is 4.42 Å². The van der Waals surface area contributed by atoms with Crippen molar-refractivity contribution in [3.63, 3.8) is 0 Å². The molecule has 3 aromatic rings. The molecule has 0 spiro atoms. The Bertz CT molecular complexity index is 750. The molecule has 2 heterocycles. The molecule has 0 aliphatic rings. The van der Waals surface area contributed by atoms with Gasteiger partial charge in [0.25, 0.3) is 0 Å². The van der Waals surface area contributed by atoms with E-state index in [0.29, 0.717) is 11.1 Å². The number of aromatic nitrogens is 1. The molecule has 3 rings (SSSR count). The maximum atomic E-state index is 11.7. The molecule has 0 saturated carbocycles.